The molecule has 3 N–H and O–H groups in total. The molecule has 2 atom stereocenters. The maximum absolute atomic E-state index is 10.5. The molecule has 1 heterocycles. The number of aliphatic hydroxyl groups is 1. The van der Waals surface area contributed by atoms with Gasteiger partial charge in [-0.2, -0.15) is 0 Å². The van der Waals surface area contributed by atoms with E-state index in [1.54, 1.807) is 24.3 Å². The fourth-order valence-corrected chi connectivity index (χ4v) is 2.72. The van der Waals surface area contributed by atoms with Crippen LogP contribution in [0, 0.1) is 0 Å². The van der Waals surface area contributed by atoms with E-state index in [2.05, 4.69) is 0 Å². The Kier molecular flexibility index (Phi) is 5.11. The van der Waals surface area contributed by atoms with Crippen molar-refractivity contribution in [3.63, 3.8) is 0 Å². The van der Waals surface area contributed by atoms with Gasteiger partial charge in [0.2, 0.25) is 0 Å². The summed E-state index contributed by atoms with van der Waals surface area (Å²) in [7, 11) is 0. The molecule has 0 bridgehead atoms. The summed E-state index contributed by atoms with van der Waals surface area (Å²) >= 11 is 12.1. The standard InChI is InChI=1S/C15H17Cl2NO2/c1-2-10-4-6-14(20-10)15(19)12(8-18)11-5-3-9(16)7-13(11)17/h3-7,12,15,19H,2,8,18H2,1H3. The molecule has 0 saturated heterocycles. The van der Waals surface area contributed by atoms with E-state index >= 15 is 0 Å². The van der Waals surface area contributed by atoms with Crippen molar-refractivity contribution < 1.29 is 9.52 Å². The Hall–Kier alpha value is -1.00. The number of furan rings is 1. The van der Waals surface area contributed by atoms with Crippen LogP contribution in [0.25, 0.3) is 0 Å². The smallest absolute Gasteiger partial charge is 0.133 e. The average molecular weight is 314 g/mol. The summed E-state index contributed by atoms with van der Waals surface area (Å²) in [5.41, 5.74) is 6.56. The predicted molar refractivity (Wildman–Crippen MR) is 81.3 cm³/mol. The van der Waals surface area contributed by atoms with Crippen LogP contribution in [0.4, 0.5) is 0 Å². The molecule has 0 fully saturated rings. The van der Waals surface area contributed by atoms with Gasteiger partial charge in [-0.05, 0) is 29.8 Å². The number of rotatable bonds is 5. The van der Waals surface area contributed by atoms with Crippen molar-refractivity contribution in [2.24, 2.45) is 5.73 Å². The Balaban J connectivity index is 2.31. The maximum Gasteiger partial charge on any atom is 0.133 e. The summed E-state index contributed by atoms with van der Waals surface area (Å²) in [6, 6.07) is 8.80. The molecule has 20 heavy (non-hydrogen) atoms. The molecule has 1 aromatic heterocycles. The van der Waals surface area contributed by atoms with Crippen LogP contribution in [-0.4, -0.2) is 11.7 Å². The van der Waals surface area contributed by atoms with Crippen molar-refractivity contribution in [1.29, 1.82) is 0 Å². The maximum atomic E-state index is 10.5. The molecule has 1 aromatic carbocycles. The van der Waals surface area contributed by atoms with Crippen molar-refractivity contribution in [2.75, 3.05) is 6.54 Å². The first-order chi connectivity index (χ1) is 9.56. The molecule has 2 rings (SSSR count). The molecular weight excluding hydrogens is 297 g/mol. The topological polar surface area (TPSA) is 59.4 Å². The lowest BCUT2D eigenvalue weighted by Crippen LogP contribution is -2.20. The van der Waals surface area contributed by atoms with E-state index in [1.165, 1.54) is 0 Å². The summed E-state index contributed by atoms with van der Waals surface area (Å²) < 4.78 is 5.59. The third kappa shape index (κ3) is 3.18. The molecule has 0 aliphatic rings. The van der Waals surface area contributed by atoms with Gasteiger partial charge >= 0.3 is 0 Å². The highest BCUT2D eigenvalue weighted by molar-refractivity contribution is 6.35. The Labute approximate surface area is 128 Å². The van der Waals surface area contributed by atoms with E-state index in [0.29, 0.717) is 15.8 Å². The number of nitrogens with two attached hydrogens (primary N) is 1. The lowest BCUT2D eigenvalue weighted by molar-refractivity contribution is 0.120. The van der Waals surface area contributed by atoms with Gasteiger partial charge in [-0.3, -0.25) is 0 Å². The number of hydrogen-bond acceptors (Lipinski definition) is 3. The SMILES string of the molecule is CCc1ccc(C(O)C(CN)c2ccc(Cl)cc2Cl)o1. The van der Waals surface area contributed by atoms with Gasteiger partial charge in [0, 0.05) is 28.9 Å². The molecule has 0 saturated carbocycles. The molecule has 2 unspecified atom stereocenters. The summed E-state index contributed by atoms with van der Waals surface area (Å²) in [6.45, 7) is 2.25. The van der Waals surface area contributed by atoms with E-state index < -0.39 is 6.10 Å². The summed E-state index contributed by atoms with van der Waals surface area (Å²) in [5, 5.41) is 11.5. The second kappa shape index (κ2) is 6.64. The minimum absolute atomic E-state index is 0.255. The second-order valence-electron chi connectivity index (χ2n) is 4.61. The molecule has 5 heteroatoms. The van der Waals surface area contributed by atoms with Crippen LogP contribution < -0.4 is 5.73 Å². The zero-order chi connectivity index (χ0) is 14.7. The number of aliphatic hydroxyl groups excluding tert-OH is 1. The Morgan fingerprint density at radius 1 is 1.25 bits per heavy atom. The average Bonchev–Trinajstić information content (AvgIpc) is 2.90. The molecule has 2 aromatic rings. The highest BCUT2D eigenvalue weighted by Gasteiger charge is 2.26. The number of benzene rings is 1. The van der Waals surface area contributed by atoms with Gasteiger partial charge in [0.15, 0.2) is 0 Å². The van der Waals surface area contributed by atoms with Gasteiger partial charge in [-0.1, -0.05) is 36.2 Å². The van der Waals surface area contributed by atoms with Crippen LogP contribution in [0.2, 0.25) is 10.0 Å². The number of halogens is 2. The third-order valence-electron chi connectivity index (χ3n) is 3.32. The van der Waals surface area contributed by atoms with Crippen molar-refractivity contribution in [3.05, 3.63) is 57.5 Å². The monoisotopic (exact) mass is 313 g/mol. The van der Waals surface area contributed by atoms with E-state index in [-0.39, 0.29) is 12.5 Å². The molecule has 0 radical (unpaired) electrons. The molecule has 108 valence electrons. The minimum atomic E-state index is -0.834. The van der Waals surface area contributed by atoms with Gasteiger partial charge in [0.1, 0.15) is 17.6 Å². The van der Waals surface area contributed by atoms with Gasteiger partial charge in [-0.25, -0.2) is 0 Å². The fourth-order valence-electron chi connectivity index (χ4n) is 2.17. The Morgan fingerprint density at radius 3 is 2.55 bits per heavy atom. The minimum Gasteiger partial charge on any atom is -0.463 e. The quantitative estimate of drug-likeness (QED) is 0.879. The summed E-state index contributed by atoms with van der Waals surface area (Å²) in [5.74, 6) is 0.996. The van der Waals surface area contributed by atoms with Gasteiger partial charge in [-0.15, -0.1) is 0 Å². The molecule has 3 nitrogen and oxygen atoms in total. The van der Waals surface area contributed by atoms with Crippen molar-refractivity contribution in [1.82, 2.24) is 0 Å². The van der Waals surface area contributed by atoms with E-state index in [1.807, 2.05) is 13.0 Å². The van der Waals surface area contributed by atoms with Crippen molar-refractivity contribution in [3.8, 4) is 0 Å². The zero-order valence-corrected chi connectivity index (χ0v) is 12.7. The highest BCUT2D eigenvalue weighted by atomic mass is 35.5. The van der Waals surface area contributed by atoms with E-state index in [0.717, 1.165) is 17.7 Å². The second-order valence-corrected chi connectivity index (χ2v) is 5.45. The van der Waals surface area contributed by atoms with Crippen LogP contribution >= 0.6 is 23.2 Å². The number of hydrogen-bond donors (Lipinski definition) is 2. The van der Waals surface area contributed by atoms with Crippen LogP contribution in [0.15, 0.2) is 34.7 Å². The van der Waals surface area contributed by atoms with Crippen molar-refractivity contribution >= 4 is 23.2 Å². The highest BCUT2D eigenvalue weighted by Crippen LogP contribution is 2.35. The van der Waals surface area contributed by atoms with Crippen LogP contribution in [0.3, 0.4) is 0 Å². The van der Waals surface area contributed by atoms with Gasteiger partial charge < -0.3 is 15.3 Å². The number of aryl methyl sites for hydroxylation is 1. The first-order valence-corrected chi connectivity index (χ1v) is 7.24. The van der Waals surface area contributed by atoms with Gasteiger partial charge in [0.05, 0.1) is 0 Å². The molecule has 0 amide bonds. The third-order valence-corrected chi connectivity index (χ3v) is 3.88. The predicted octanol–water partition coefficient (Wildman–Crippen LogP) is 3.92. The van der Waals surface area contributed by atoms with Crippen molar-refractivity contribution in [2.45, 2.75) is 25.4 Å². The molecule has 0 aliphatic heterocycles. The zero-order valence-electron chi connectivity index (χ0n) is 11.1. The lowest BCUT2D eigenvalue weighted by Gasteiger charge is -2.21. The normalized spacial score (nSPS) is 14.2. The van der Waals surface area contributed by atoms with Crippen LogP contribution in [0.1, 0.15) is 36.0 Å². The largest absolute Gasteiger partial charge is 0.463 e. The summed E-state index contributed by atoms with van der Waals surface area (Å²) in [6.07, 6.45) is -0.0548. The Morgan fingerprint density at radius 2 is 2.00 bits per heavy atom. The fraction of sp³-hybridized carbons (Fsp3) is 0.333. The molecule has 0 spiro atoms. The summed E-state index contributed by atoms with van der Waals surface area (Å²) in [4.78, 5) is 0. The van der Waals surface area contributed by atoms with Crippen LogP contribution in [0.5, 0.6) is 0 Å². The molecule has 0 aliphatic carbocycles. The Bertz CT molecular complexity index is 583. The molecular formula is C15H17Cl2NO2. The van der Waals surface area contributed by atoms with Crippen LogP contribution in [-0.2, 0) is 6.42 Å². The first-order valence-electron chi connectivity index (χ1n) is 6.48. The van der Waals surface area contributed by atoms with E-state index in [9.17, 15) is 5.11 Å². The first kappa shape index (κ1) is 15.4. The lowest BCUT2D eigenvalue weighted by atomic mass is 9.92. The van der Waals surface area contributed by atoms with Gasteiger partial charge in [0.25, 0.3) is 0 Å². The van der Waals surface area contributed by atoms with E-state index in [4.69, 9.17) is 33.4 Å².